The summed E-state index contributed by atoms with van der Waals surface area (Å²) in [7, 11) is 0. The highest BCUT2D eigenvalue weighted by atomic mass is 79.9. The van der Waals surface area contributed by atoms with Crippen molar-refractivity contribution in [3.05, 3.63) is 10.7 Å². The lowest BCUT2D eigenvalue weighted by atomic mass is 10.0. The molecule has 0 aromatic carbocycles. The zero-order valence-corrected chi connectivity index (χ0v) is 11.2. The average molecular weight is 288 g/mol. The van der Waals surface area contributed by atoms with E-state index in [1.54, 1.807) is 6.20 Å². The van der Waals surface area contributed by atoms with Crippen molar-refractivity contribution in [1.82, 2.24) is 9.97 Å². The van der Waals surface area contributed by atoms with Crippen LogP contribution < -0.4 is 16.6 Å². The Bertz CT molecular complexity index is 327. The molecule has 0 bridgehead atoms. The summed E-state index contributed by atoms with van der Waals surface area (Å²) in [5, 5.41) is 3.30. The Morgan fingerprint density at radius 2 is 2.12 bits per heavy atom. The van der Waals surface area contributed by atoms with Gasteiger partial charge in [-0.25, -0.2) is 10.8 Å². The standard InChI is InChI=1S/C10H18BrN5/c1-3-7(4-2)5-13-9-8(11)6-14-10(15-9)16-12/h6-7H,3-5,12H2,1-2H3,(H2,13,14,15,16). The molecule has 4 N–H and O–H groups in total. The van der Waals surface area contributed by atoms with Crippen LogP contribution in [0, 0.1) is 5.92 Å². The van der Waals surface area contributed by atoms with E-state index < -0.39 is 0 Å². The molecule has 6 heteroatoms. The molecule has 0 saturated carbocycles. The first-order valence-electron chi connectivity index (χ1n) is 5.44. The smallest absolute Gasteiger partial charge is 0.239 e. The van der Waals surface area contributed by atoms with Gasteiger partial charge in [0.05, 0.1) is 4.47 Å². The predicted molar refractivity (Wildman–Crippen MR) is 70.1 cm³/mol. The second-order valence-electron chi connectivity index (χ2n) is 3.60. The van der Waals surface area contributed by atoms with Gasteiger partial charge in [-0.3, -0.25) is 5.43 Å². The Hall–Kier alpha value is -0.880. The summed E-state index contributed by atoms with van der Waals surface area (Å²) >= 11 is 3.40. The zero-order chi connectivity index (χ0) is 12.0. The first-order chi connectivity index (χ1) is 7.71. The van der Waals surface area contributed by atoms with Crippen molar-refractivity contribution in [3.8, 4) is 0 Å². The van der Waals surface area contributed by atoms with E-state index in [9.17, 15) is 0 Å². The van der Waals surface area contributed by atoms with Gasteiger partial charge < -0.3 is 5.32 Å². The molecule has 16 heavy (non-hydrogen) atoms. The number of halogens is 1. The molecule has 0 atom stereocenters. The minimum atomic E-state index is 0.412. The van der Waals surface area contributed by atoms with Crippen molar-refractivity contribution < 1.29 is 0 Å². The summed E-state index contributed by atoms with van der Waals surface area (Å²) in [5.74, 6) is 7.11. The van der Waals surface area contributed by atoms with Gasteiger partial charge >= 0.3 is 0 Å². The molecule has 0 aliphatic carbocycles. The van der Waals surface area contributed by atoms with E-state index >= 15 is 0 Å². The van der Waals surface area contributed by atoms with Crippen LogP contribution in [0.3, 0.4) is 0 Å². The third kappa shape index (κ3) is 3.61. The van der Waals surface area contributed by atoms with Gasteiger partial charge in [-0.15, -0.1) is 0 Å². The van der Waals surface area contributed by atoms with Gasteiger partial charge in [0.2, 0.25) is 5.95 Å². The van der Waals surface area contributed by atoms with Crippen LogP contribution in [-0.4, -0.2) is 16.5 Å². The van der Waals surface area contributed by atoms with Gasteiger partial charge in [0.25, 0.3) is 0 Å². The SMILES string of the molecule is CCC(CC)CNc1nc(NN)ncc1Br. The topological polar surface area (TPSA) is 75.9 Å². The molecule has 1 rings (SSSR count). The molecule has 1 aromatic heterocycles. The summed E-state index contributed by atoms with van der Waals surface area (Å²) in [4.78, 5) is 8.22. The number of hydrogen-bond acceptors (Lipinski definition) is 5. The molecule has 1 heterocycles. The molecule has 0 radical (unpaired) electrons. The third-order valence-corrected chi connectivity index (χ3v) is 3.17. The Labute approximate surface area is 104 Å². The van der Waals surface area contributed by atoms with Crippen molar-refractivity contribution in [2.24, 2.45) is 11.8 Å². The van der Waals surface area contributed by atoms with Gasteiger partial charge in [-0.1, -0.05) is 26.7 Å². The molecular formula is C10H18BrN5. The van der Waals surface area contributed by atoms with E-state index in [0.29, 0.717) is 11.9 Å². The van der Waals surface area contributed by atoms with Gasteiger partial charge in [0.15, 0.2) is 0 Å². The highest BCUT2D eigenvalue weighted by Crippen LogP contribution is 2.20. The number of nitrogens with two attached hydrogens (primary N) is 1. The highest BCUT2D eigenvalue weighted by molar-refractivity contribution is 9.10. The van der Waals surface area contributed by atoms with Crippen LogP contribution in [0.25, 0.3) is 0 Å². The molecule has 0 aliphatic heterocycles. The lowest BCUT2D eigenvalue weighted by Crippen LogP contribution is -2.16. The van der Waals surface area contributed by atoms with Crippen LogP contribution in [0.4, 0.5) is 11.8 Å². The Morgan fingerprint density at radius 3 is 2.69 bits per heavy atom. The number of hydrogen-bond donors (Lipinski definition) is 3. The average Bonchev–Trinajstić information content (AvgIpc) is 2.32. The molecule has 0 saturated heterocycles. The molecule has 90 valence electrons. The second kappa shape index (κ2) is 6.65. The molecule has 0 unspecified atom stereocenters. The number of rotatable bonds is 6. The van der Waals surface area contributed by atoms with E-state index in [1.165, 1.54) is 0 Å². The maximum absolute atomic E-state index is 5.26. The van der Waals surface area contributed by atoms with Crippen LogP contribution >= 0.6 is 15.9 Å². The monoisotopic (exact) mass is 287 g/mol. The maximum atomic E-state index is 5.26. The Kier molecular flexibility index (Phi) is 5.48. The predicted octanol–water partition coefficient (Wildman–Crippen LogP) is 2.37. The van der Waals surface area contributed by atoms with Crippen molar-refractivity contribution in [2.45, 2.75) is 26.7 Å². The van der Waals surface area contributed by atoms with Crippen molar-refractivity contribution in [2.75, 3.05) is 17.3 Å². The van der Waals surface area contributed by atoms with Crippen molar-refractivity contribution >= 4 is 27.7 Å². The summed E-state index contributed by atoms with van der Waals surface area (Å²) in [5.41, 5.74) is 2.43. The van der Waals surface area contributed by atoms with Gasteiger partial charge in [0.1, 0.15) is 5.82 Å². The molecular weight excluding hydrogens is 270 g/mol. The summed E-state index contributed by atoms with van der Waals surface area (Å²) in [6.07, 6.45) is 4.00. The van der Waals surface area contributed by atoms with Gasteiger partial charge in [0, 0.05) is 12.7 Å². The van der Waals surface area contributed by atoms with Crippen molar-refractivity contribution in [1.29, 1.82) is 0 Å². The number of aromatic nitrogens is 2. The minimum absolute atomic E-state index is 0.412. The first-order valence-corrected chi connectivity index (χ1v) is 6.23. The van der Waals surface area contributed by atoms with Crippen LogP contribution in [0.5, 0.6) is 0 Å². The second-order valence-corrected chi connectivity index (χ2v) is 4.45. The molecule has 0 aliphatic rings. The van der Waals surface area contributed by atoms with Crippen LogP contribution in [0.1, 0.15) is 26.7 Å². The van der Waals surface area contributed by atoms with E-state index in [-0.39, 0.29) is 0 Å². The van der Waals surface area contributed by atoms with Crippen molar-refractivity contribution in [3.63, 3.8) is 0 Å². The quantitative estimate of drug-likeness (QED) is 0.553. The number of hydrazine groups is 1. The minimum Gasteiger partial charge on any atom is -0.369 e. The molecule has 0 fully saturated rings. The third-order valence-electron chi connectivity index (χ3n) is 2.59. The molecule has 1 aromatic rings. The number of nitrogens with one attached hydrogen (secondary N) is 2. The zero-order valence-electron chi connectivity index (χ0n) is 9.63. The summed E-state index contributed by atoms with van der Waals surface area (Å²) in [6.45, 7) is 5.29. The van der Waals surface area contributed by atoms with E-state index in [4.69, 9.17) is 5.84 Å². The van der Waals surface area contributed by atoms with E-state index in [1.807, 2.05) is 0 Å². The molecule has 0 spiro atoms. The van der Waals surface area contributed by atoms with E-state index in [0.717, 1.165) is 29.7 Å². The largest absolute Gasteiger partial charge is 0.369 e. The number of nitrogens with zero attached hydrogens (tertiary/aromatic N) is 2. The first kappa shape index (κ1) is 13.2. The lowest BCUT2D eigenvalue weighted by molar-refractivity contribution is 0.518. The number of nitrogen functional groups attached to an aromatic ring is 1. The number of anilines is 2. The van der Waals surface area contributed by atoms with Gasteiger partial charge in [-0.2, -0.15) is 4.98 Å². The molecule has 0 amide bonds. The molecule has 5 nitrogen and oxygen atoms in total. The van der Waals surface area contributed by atoms with Gasteiger partial charge in [-0.05, 0) is 21.8 Å². The van der Waals surface area contributed by atoms with Crippen LogP contribution in [-0.2, 0) is 0 Å². The maximum Gasteiger partial charge on any atom is 0.239 e. The highest BCUT2D eigenvalue weighted by Gasteiger charge is 2.07. The lowest BCUT2D eigenvalue weighted by Gasteiger charge is -2.14. The van der Waals surface area contributed by atoms with Crippen LogP contribution in [0.2, 0.25) is 0 Å². The summed E-state index contributed by atoms with van der Waals surface area (Å²) in [6, 6.07) is 0. The fraction of sp³-hybridized carbons (Fsp3) is 0.600. The van der Waals surface area contributed by atoms with E-state index in [2.05, 4.69) is 50.5 Å². The fourth-order valence-electron chi connectivity index (χ4n) is 1.38. The Morgan fingerprint density at radius 1 is 1.44 bits per heavy atom. The normalized spacial score (nSPS) is 10.6. The van der Waals surface area contributed by atoms with Crippen LogP contribution in [0.15, 0.2) is 10.7 Å². The summed E-state index contributed by atoms with van der Waals surface area (Å²) < 4.78 is 0.845. The fourth-order valence-corrected chi connectivity index (χ4v) is 1.71. The Balaban J connectivity index is 2.65.